The van der Waals surface area contributed by atoms with E-state index in [-0.39, 0.29) is 18.9 Å². The number of amides is 1. The molecule has 0 aromatic rings. The molecule has 2 heterocycles. The van der Waals surface area contributed by atoms with Crippen LogP contribution < -0.4 is 5.32 Å². The SMILES string of the molecule is CN1CCC(O)(CNC(=O)CCN2CCCCC2)CC1.O=CO.O=CO. The summed E-state index contributed by atoms with van der Waals surface area (Å²) < 4.78 is 0. The van der Waals surface area contributed by atoms with Crippen LogP contribution in [0.15, 0.2) is 0 Å². The van der Waals surface area contributed by atoms with Crippen LogP contribution in [0.4, 0.5) is 0 Å². The number of carbonyl (C=O) groups is 3. The van der Waals surface area contributed by atoms with Crippen molar-refractivity contribution in [2.75, 3.05) is 46.3 Å². The van der Waals surface area contributed by atoms with Crippen molar-refractivity contribution in [1.29, 1.82) is 0 Å². The van der Waals surface area contributed by atoms with Gasteiger partial charge in [0.1, 0.15) is 0 Å². The topological polar surface area (TPSA) is 130 Å². The lowest BCUT2D eigenvalue weighted by Gasteiger charge is -2.36. The first-order chi connectivity index (χ1) is 12.4. The van der Waals surface area contributed by atoms with Crippen LogP contribution in [0.25, 0.3) is 0 Å². The van der Waals surface area contributed by atoms with E-state index in [2.05, 4.69) is 22.2 Å². The second-order valence-corrected chi connectivity index (χ2v) is 6.67. The molecule has 4 N–H and O–H groups in total. The van der Waals surface area contributed by atoms with E-state index in [4.69, 9.17) is 19.8 Å². The Balaban J connectivity index is 0.000000918. The number of aliphatic hydroxyl groups is 1. The van der Waals surface area contributed by atoms with Gasteiger partial charge in [0.05, 0.1) is 5.60 Å². The third kappa shape index (κ3) is 11.8. The quantitative estimate of drug-likeness (QED) is 0.488. The maximum absolute atomic E-state index is 11.9. The van der Waals surface area contributed by atoms with Gasteiger partial charge in [-0.25, -0.2) is 0 Å². The van der Waals surface area contributed by atoms with Crippen LogP contribution in [0.5, 0.6) is 0 Å². The van der Waals surface area contributed by atoms with E-state index < -0.39 is 5.60 Å². The Bertz CT molecular complexity index is 388. The molecule has 0 bridgehead atoms. The van der Waals surface area contributed by atoms with Crippen molar-refractivity contribution >= 4 is 18.9 Å². The van der Waals surface area contributed by atoms with E-state index >= 15 is 0 Å². The molecular formula is C17H33N3O6. The summed E-state index contributed by atoms with van der Waals surface area (Å²) in [6.45, 7) is 4.82. The predicted octanol–water partition coefficient (Wildman–Crippen LogP) is -0.163. The summed E-state index contributed by atoms with van der Waals surface area (Å²) in [7, 11) is 2.07. The lowest BCUT2D eigenvalue weighted by molar-refractivity contribution is -0.124. The fraction of sp³-hybridized carbons (Fsp3) is 0.824. The van der Waals surface area contributed by atoms with Crippen LogP contribution in [0.1, 0.15) is 38.5 Å². The minimum Gasteiger partial charge on any atom is -0.483 e. The molecule has 2 aliphatic heterocycles. The zero-order valence-corrected chi connectivity index (χ0v) is 15.6. The van der Waals surface area contributed by atoms with Crippen molar-refractivity contribution in [3.05, 3.63) is 0 Å². The Morgan fingerprint density at radius 1 is 1.04 bits per heavy atom. The van der Waals surface area contributed by atoms with E-state index in [1.165, 1.54) is 19.3 Å². The number of nitrogens with zero attached hydrogens (tertiary/aromatic N) is 2. The minimum atomic E-state index is -0.701. The Hall–Kier alpha value is -1.71. The van der Waals surface area contributed by atoms with Gasteiger partial charge in [-0.2, -0.15) is 0 Å². The molecule has 2 saturated heterocycles. The summed E-state index contributed by atoms with van der Waals surface area (Å²) in [5.41, 5.74) is -0.701. The molecule has 0 saturated carbocycles. The van der Waals surface area contributed by atoms with Gasteiger partial charge in [0.25, 0.3) is 12.9 Å². The summed E-state index contributed by atoms with van der Waals surface area (Å²) in [6, 6.07) is 0. The highest BCUT2D eigenvalue weighted by molar-refractivity contribution is 5.76. The molecule has 0 aliphatic carbocycles. The molecule has 0 unspecified atom stereocenters. The first kappa shape index (κ1) is 24.3. The highest BCUT2D eigenvalue weighted by Crippen LogP contribution is 2.20. The normalized spacial score (nSPS) is 19.8. The largest absolute Gasteiger partial charge is 0.483 e. The van der Waals surface area contributed by atoms with Gasteiger partial charge in [-0.15, -0.1) is 0 Å². The molecule has 0 aromatic carbocycles. The summed E-state index contributed by atoms with van der Waals surface area (Å²) in [5, 5.41) is 27.1. The van der Waals surface area contributed by atoms with Crippen molar-refractivity contribution < 1.29 is 29.7 Å². The molecule has 0 atom stereocenters. The van der Waals surface area contributed by atoms with Gasteiger partial charge in [-0.05, 0) is 45.8 Å². The molecule has 2 fully saturated rings. The summed E-state index contributed by atoms with van der Waals surface area (Å²) >= 11 is 0. The third-order valence-electron chi connectivity index (χ3n) is 4.64. The minimum absolute atomic E-state index is 0.0722. The second-order valence-electron chi connectivity index (χ2n) is 6.67. The summed E-state index contributed by atoms with van der Waals surface area (Å²) in [6.07, 6.45) is 5.88. The number of hydrogen-bond donors (Lipinski definition) is 4. The zero-order valence-electron chi connectivity index (χ0n) is 15.6. The van der Waals surface area contributed by atoms with Gasteiger partial charge in [0.2, 0.25) is 5.91 Å². The molecule has 0 spiro atoms. The van der Waals surface area contributed by atoms with Crippen LogP contribution in [-0.4, -0.2) is 95.9 Å². The lowest BCUT2D eigenvalue weighted by atomic mass is 9.91. The second kappa shape index (κ2) is 14.5. The fourth-order valence-corrected chi connectivity index (χ4v) is 3.01. The number of piperidine rings is 2. The van der Waals surface area contributed by atoms with E-state index in [1.54, 1.807) is 0 Å². The smallest absolute Gasteiger partial charge is 0.290 e. The molecule has 152 valence electrons. The van der Waals surface area contributed by atoms with E-state index in [0.717, 1.165) is 45.6 Å². The molecule has 9 nitrogen and oxygen atoms in total. The summed E-state index contributed by atoms with van der Waals surface area (Å²) in [4.78, 5) is 33.2. The fourth-order valence-electron chi connectivity index (χ4n) is 3.01. The standard InChI is InChI=1S/C15H29N3O2.2CH2O2/c1-17-11-6-15(20,7-12-17)13-16-14(19)5-10-18-8-3-2-4-9-18;2*2-1-3/h20H,2-13H2,1H3,(H,16,19);2*1H,(H,2,3). The molecule has 1 amide bonds. The van der Waals surface area contributed by atoms with Gasteiger partial charge < -0.3 is 30.4 Å². The third-order valence-corrected chi connectivity index (χ3v) is 4.64. The van der Waals surface area contributed by atoms with Gasteiger partial charge >= 0.3 is 0 Å². The Morgan fingerprint density at radius 2 is 1.54 bits per heavy atom. The average molecular weight is 375 g/mol. The van der Waals surface area contributed by atoms with E-state index in [1.807, 2.05) is 0 Å². The average Bonchev–Trinajstić information content (AvgIpc) is 2.63. The predicted molar refractivity (Wildman–Crippen MR) is 97.0 cm³/mol. The maximum atomic E-state index is 11.9. The number of hydrogen-bond acceptors (Lipinski definition) is 6. The molecule has 2 aliphatic rings. The Kier molecular flexibility index (Phi) is 13.5. The molecule has 0 radical (unpaired) electrons. The van der Waals surface area contributed by atoms with Crippen molar-refractivity contribution in [2.24, 2.45) is 0 Å². The molecule has 0 aromatic heterocycles. The van der Waals surface area contributed by atoms with E-state index in [0.29, 0.717) is 13.0 Å². The number of carbonyl (C=O) groups excluding carboxylic acids is 1. The monoisotopic (exact) mass is 375 g/mol. The van der Waals surface area contributed by atoms with Gasteiger partial charge in [-0.3, -0.25) is 14.4 Å². The number of carboxylic acid groups (broad SMARTS) is 2. The highest BCUT2D eigenvalue weighted by atomic mass is 16.3. The van der Waals surface area contributed by atoms with Gasteiger partial charge in [-0.1, -0.05) is 6.42 Å². The number of likely N-dealkylation sites (tertiary alicyclic amines) is 2. The molecule has 9 heteroatoms. The van der Waals surface area contributed by atoms with Gasteiger partial charge in [0.15, 0.2) is 0 Å². The highest BCUT2D eigenvalue weighted by Gasteiger charge is 2.31. The van der Waals surface area contributed by atoms with Crippen molar-refractivity contribution in [2.45, 2.75) is 44.1 Å². The van der Waals surface area contributed by atoms with Crippen molar-refractivity contribution in [3.63, 3.8) is 0 Å². The van der Waals surface area contributed by atoms with Crippen LogP contribution >= 0.6 is 0 Å². The van der Waals surface area contributed by atoms with Crippen LogP contribution in [0.2, 0.25) is 0 Å². The number of nitrogens with one attached hydrogen (secondary N) is 1. The van der Waals surface area contributed by atoms with Crippen LogP contribution in [-0.2, 0) is 14.4 Å². The van der Waals surface area contributed by atoms with Gasteiger partial charge in [0, 0.05) is 32.6 Å². The Morgan fingerprint density at radius 3 is 2.04 bits per heavy atom. The molecule has 26 heavy (non-hydrogen) atoms. The Labute approximate surface area is 155 Å². The molecule has 2 rings (SSSR count). The summed E-state index contributed by atoms with van der Waals surface area (Å²) in [5.74, 6) is 0.0722. The zero-order chi connectivity index (χ0) is 19.8. The first-order valence-electron chi connectivity index (χ1n) is 8.96. The van der Waals surface area contributed by atoms with Crippen LogP contribution in [0, 0.1) is 0 Å². The first-order valence-corrected chi connectivity index (χ1v) is 8.96. The van der Waals surface area contributed by atoms with Crippen molar-refractivity contribution in [1.82, 2.24) is 15.1 Å². The lowest BCUT2D eigenvalue weighted by Crippen LogP contribution is -2.50. The van der Waals surface area contributed by atoms with Crippen LogP contribution in [0.3, 0.4) is 0 Å². The molecular weight excluding hydrogens is 342 g/mol. The van der Waals surface area contributed by atoms with Crippen molar-refractivity contribution in [3.8, 4) is 0 Å². The van der Waals surface area contributed by atoms with E-state index in [9.17, 15) is 9.90 Å². The maximum Gasteiger partial charge on any atom is 0.290 e. The number of rotatable bonds is 5.